The van der Waals surface area contributed by atoms with Crippen molar-refractivity contribution in [3.63, 3.8) is 0 Å². The van der Waals surface area contributed by atoms with Crippen molar-refractivity contribution in [3.05, 3.63) is 34.2 Å². The van der Waals surface area contributed by atoms with Gasteiger partial charge in [0.1, 0.15) is 0 Å². The van der Waals surface area contributed by atoms with Crippen LogP contribution in [0, 0.1) is 0 Å². The summed E-state index contributed by atoms with van der Waals surface area (Å²) in [5, 5.41) is 3.53. The minimum Gasteiger partial charge on any atom is -0.385 e. The second kappa shape index (κ2) is 6.55. The first kappa shape index (κ1) is 15.3. The Bertz CT molecular complexity index is 668. The van der Waals surface area contributed by atoms with Gasteiger partial charge in [-0.1, -0.05) is 18.3 Å². The Morgan fingerprint density at radius 1 is 1.30 bits per heavy atom. The van der Waals surface area contributed by atoms with E-state index in [0.29, 0.717) is 5.13 Å². The van der Waals surface area contributed by atoms with E-state index in [9.17, 15) is 8.42 Å². The zero-order valence-corrected chi connectivity index (χ0v) is 14.0. The molecule has 0 saturated carbocycles. The van der Waals surface area contributed by atoms with Crippen LogP contribution in [-0.4, -0.2) is 19.9 Å². The number of anilines is 2. The molecule has 1 aromatic heterocycles. The predicted molar refractivity (Wildman–Crippen MR) is 85.8 cm³/mol. The van der Waals surface area contributed by atoms with Crippen molar-refractivity contribution in [3.8, 4) is 0 Å². The van der Waals surface area contributed by atoms with E-state index in [4.69, 9.17) is 0 Å². The minimum atomic E-state index is -3.59. The molecule has 0 bridgehead atoms. The smallest absolute Gasteiger partial charge is 0.263 e. The van der Waals surface area contributed by atoms with Crippen molar-refractivity contribution in [2.45, 2.75) is 18.2 Å². The Kier molecular flexibility index (Phi) is 5.00. The lowest BCUT2D eigenvalue weighted by Gasteiger charge is -2.07. The van der Waals surface area contributed by atoms with Gasteiger partial charge in [-0.2, -0.15) is 0 Å². The molecule has 0 saturated heterocycles. The molecule has 8 heteroatoms. The standard InChI is InChI=1S/C12H14BrN3O2S2/c1-2-7-14-9-3-5-10(6-4-9)20(17,18)16-12-15-8-11(13)19-12/h3-6,8,14H,2,7H2,1H3,(H,15,16). The molecule has 1 aromatic carbocycles. The van der Waals surface area contributed by atoms with Gasteiger partial charge in [-0.25, -0.2) is 13.4 Å². The lowest BCUT2D eigenvalue weighted by atomic mass is 10.3. The van der Waals surface area contributed by atoms with Gasteiger partial charge in [0.25, 0.3) is 10.0 Å². The molecule has 0 fully saturated rings. The summed E-state index contributed by atoms with van der Waals surface area (Å²) in [7, 11) is -3.59. The molecule has 0 radical (unpaired) electrons. The number of aromatic nitrogens is 1. The summed E-state index contributed by atoms with van der Waals surface area (Å²) in [5.41, 5.74) is 0.905. The number of benzene rings is 1. The second-order valence-corrected chi connectivity index (χ2v) is 8.12. The highest BCUT2D eigenvalue weighted by atomic mass is 79.9. The van der Waals surface area contributed by atoms with Crippen LogP contribution in [0.2, 0.25) is 0 Å². The van der Waals surface area contributed by atoms with E-state index in [1.165, 1.54) is 11.3 Å². The SMILES string of the molecule is CCCNc1ccc(S(=O)(=O)Nc2ncc(Br)s2)cc1. The molecule has 20 heavy (non-hydrogen) atoms. The van der Waals surface area contributed by atoms with Gasteiger partial charge >= 0.3 is 0 Å². The van der Waals surface area contributed by atoms with Gasteiger partial charge in [0.15, 0.2) is 5.13 Å². The van der Waals surface area contributed by atoms with Crippen molar-refractivity contribution < 1.29 is 8.42 Å². The maximum Gasteiger partial charge on any atom is 0.263 e. The number of nitrogens with zero attached hydrogens (tertiary/aromatic N) is 1. The molecule has 0 aliphatic rings. The molecule has 2 aromatic rings. The lowest BCUT2D eigenvalue weighted by Crippen LogP contribution is -2.12. The van der Waals surface area contributed by atoms with E-state index < -0.39 is 10.0 Å². The van der Waals surface area contributed by atoms with Crippen LogP contribution in [0.15, 0.2) is 39.1 Å². The van der Waals surface area contributed by atoms with E-state index in [0.717, 1.165) is 22.4 Å². The number of hydrogen-bond donors (Lipinski definition) is 2. The van der Waals surface area contributed by atoms with E-state index in [2.05, 4.69) is 37.9 Å². The van der Waals surface area contributed by atoms with Gasteiger partial charge in [-0.15, -0.1) is 0 Å². The highest BCUT2D eigenvalue weighted by Crippen LogP contribution is 2.25. The molecular formula is C12H14BrN3O2S2. The summed E-state index contributed by atoms with van der Waals surface area (Å²) in [4.78, 5) is 4.17. The Balaban J connectivity index is 2.13. The van der Waals surface area contributed by atoms with Crippen LogP contribution < -0.4 is 10.0 Å². The molecule has 0 atom stereocenters. The summed E-state index contributed by atoms with van der Waals surface area (Å²) in [6.45, 7) is 2.93. The number of hydrogen-bond acceptors (Lipinski definition) is 5. The van der Waals surface area contributed by atoms with Gasteiger partial charge in [0, 0.05) is 12.2 Å². The minimum absolute atomic E-state index is 0.214. The van der Waals surface area contributed by atoms with Crippen LogP contribution in [0.4, 0.5) is 10.8 Å². The van der Waals surface area contributed by atoms with E-state index in [-0.39, 0.29) is 4.90 Å². The van der Waals surface area contributed by atoms with Gasteiger partial charge in [-0.05, 0) is 46.6 Å². The third kappa shape index (κ3) is 3.94. The Labute approximate surface area is 130 Å². The third-order valence-corrected chi connectivity index (χ3v) is 5.32. The van der Waals surface area contributed by atoms with Gasteiger partial charge in [0.2, 0.25) is 0 Å². The number of halogens is 1. The Morgan fingerprint density at radius 2 is 2.00 bits per heavy atom. The van der Waals surface area contributed by atoms with E-state index >= 15 is 0 Å². The lowest BCUT2D eigenvalue weighted by molar-refractivity contribution is 0.601. The normalized spacial score (nSPS) is 11.3. The summed E-state index contributed by atoms with van der Waals surface area (Å²) in [6, 6.07) is 6.65. The summed E-state index contributed by atoms with van der Waals surface area (Å²) in [5.74, 6) is 0. The number of nitrogens with one attached hydrogen (secondary N) is 2. The third-order valence-electron chi connectivity index (χ3n) is 2.44. The van der Waals surface area contributed by atoms with Crippen LogP contribution in [0.3, 0.4) is 0 Å². The maximum atomic E-state index is 12.2. The summed E-state index contributed by atoms with van der Waals surface area (Å²) >= 11 is 4.47. The largest absolute Gasteiger partial charge is 0.385 e. The molecular weight excluding hydrogens is 362 g/mol. The highest BCUT2D eigenvalue weighted by molar-refractivity contribution is 9.11. The quantitative estimate of drug-likeness (QED) is 0.809. The molecule has 0 aliphatic carbocycles. The second-order valence-electron chi connectivity index (χ2n) is 4.03. The number of thiazole rings is 1. The average Bonchev–Trinajstić information content (AvgIpc) is 2.81. The first-order valence-electron chi connectivity index (χ1n) is 5.99. The first-order chi connectivity index (χ1) is 9.51. The topological polar surface area (TPSA) is 71.1 Å². The highest BCUT2D eigenvalue weighted by Gasteiger charge is 2.15. The van der Waals surface area contributed by atoms with E-state index in [1.54, 1.807) is 30.5 Å². The molecule has 2 N–H and O–H groups in total. The van der Waals surface area contributed by atoms with Crippen LogP contribution >= 0.6 is 27.3 Å². The molecule has 0 amide bonds. The predicted octanol–water partition coefficient (Wildman–Crippen LogP) is 3.53. The van der Waals surface area contributed by atoms with Crippen molar-refractivity contribution >= 4 is 48.1 Å². The Hall–Kier alpha value is -1.12. The van der Waals surface area contributed by atoms with E-state index in [1.807, 2.05) is 0 Å². The van der Waals surface area contributed by atoms with Crippen LogP contribution in [0.1, 0.15) is 13.3 Å². The average molecular weight is 376 g/mol. The van der Waals surface area contributed by atoms with Crippen LogP contribution in [-0.2, 0) is 10.0 Å². The fraction of sp³-hybridized carbons (Fsp3) is 0.250. The number of sulfonamides is 1. The Morgan fingerprint density at radius 3 is 2.55 bits per heavy atom. The zero-order chi connectivity index (χ0) is 14.6. The molecule has 1 heterocycles. The van der Waals surface area contributed by atoms with Crippen LogP contribution in [0.25, 0.3) is 0 Å². The van der Waals surface area contributed by atoms with Crippen molar-refractivity contribution in [1.29, 1.82) is 0 Å². The molecule has 108 valence electrons. The van der Waals surface area contributed by atoms with Gasteiger partial charge in [-0.3, -0.25) is 4.72 Å². The molecule has 5 nitrogen and oxygen atoms in total. The van der Waals surface area contributed by atoms with Crippen molar-refractivity contribution in [1.82, 2.24) is 4.98 Å². The fourth-order valence-electron chi connectivity index (χ4n) is 1.50. The van der Waals surface area contributed by atoms with Crippen molar-refractivity contribution in [2.24, 2.45) is 0 Å². The van der Waals surface area contributed by atoms with Crippen molar-refractivity contribution in [2.75, 3.05) is 16.6 Å². The molecule has 0 aliphatic heterocycles. The molecule has 2 rings (SSSR count). The molecule has 0 unspecified atom stereocenters. The first-order valence-corrected chi connectivity index (χ1v) is 9.08. The monoisotopic (exact) mass is 375 g/mol. The summed E-state index contributed by atoms with van der Waals surface area (Å²) < 4.78 is 27.5. The zero-order valence-electron chi connectivity index (χ0n) is 10.8. The molecule has 0 spiro atoms. The van der Waals surface area contributed by atoms with Crippen LogP contribution in [0.5, 0.6) is 0 Å². The van der Waals surface area contributed by atoms with Gasteiger partial charge in [0.05, 0.1) is 14.9 Å². The number of rotatable bonds is 6. The summed E-state index contributed by atoms with van der Waals surface area (Å²) in [6.07, 6.45) is 2.57. The maximum absolute atomic E-state index is 12.2. The van der Waals surface area contributed by atoms with Gasteiger partial charge < -0.3 is 5.32 Å². The fourth-order valence-corrected chi connectivity index (χ4v) is 3.85.